The second kappa shape index (κ2) is 6.90. The van der Waals surface area contributed by atoms with Gasteiger partial charge in [-0.1, -0.05) is 12.8 Å². The molecule has 0 radical (unpaired) electrons. The lowest BCUT2D eigenvalue weighted by Crippen LogP contribution is -2.34. The van der Waals surface area contributed by atoms with E-state index in [-0.39, 0.29) is 0 Å². The SMILES string of the molecule is CCn1cc(CN(CCCN)C2CCCC2)cn1. The first-order valence-corrected chi connectivity index (χ1v) is 7.29. The van der Waals surface area contributed by atoms with Crippen LogP contribution in [-0.4, -0.2) is 33.8 Å². The summed E-state index contributed by atoms with van der Waals surface area (Å²) in [5, 5.41) is 4.36. The Hall–Kier alpha value is -0.870. The zero-order valence-corrected chi connectivity index (χ0v) is 11.5. The second-order valence-electron chi connectivity index (χ2n) is 5.26. The zero-order chi connectivity index (χ0) is 12.8. The van der Waals surface area contributed by atoms with Crippen LogP contribution < -0.4 is 5.73 Å². The molecule has 1 heterocycles. The van der Waals surface area contributed by atoms with Crippen LogP contribution in [-0.2, 0) is 13.1 Å². The molecule has 0 bridgehead atoms. The minimum absolute atomic E-state index is 0.765. The Bertz CT molecular complexity index is 341. The van der Waals surface area contributed by atoms with E-state index < -0.39 is 0 Å². The summed E-state index contributed by atoms with van der Waals surface area (Å²) in [5.41, 5.74) is 6.99. The van der Waals surface area contributed by atoms with Crippen molar-refractivity contribution < 1.29 is 0 Å². The minimum atomic E-state index is 0.765. The number of aromatic nitrogens is 2. The third kappa shape index (κ3) is 3.56. The molecule has 0 amide bonds. The minimum Gasteiger partial charge on any atom is -0.330 e. The highest BCUT2D eigenvalue weighted by Gasteiger charge is 2.22. The first-order chi connectivity index (χ1) is 8.83. The van der Waals surface area contributed by atoms with Gasteiger partial charge < -0.3 is 5.73 Å². The Morgan fingerprint density at radius 1 is 1.44 bits per heavy atom. The summed E-state index contributed by atoms with van der Waals surface area (Å²) in [6, 6.07) is 0.765. The molecule has 0 aliphatic heterocycles. The number of rotatable bonds is 7. The van der Waals surface area contributed by atoms with Gasteiger partial charge in [0.1, 0.15) is 0 Å². The number of nitrogens with zero attached hydrogens (tertiary/aromatic N) is 3. The van der Waals surface area contributed by atoms with Gasteiger partial charge in [-0.15, -0.1) is 0 Å². The molecular weight excluding hydrogens is 224 g/mol. The zero-order valence-electron chi connectivity index (χ0n) is 11.5. The number of hydrogen-bond acceptors (Lipinski definition) is 3. The molecule has 1 aromatic rings. The first kappa shape index (κ1) is 13.6. The standard InChI is InChI=1S/C14H26N4/c1-2-18-12-13(10-16-18)11-17(9-5-8-15)14-6-3-4-7-14/h10,12,14H,2-9,11,15H2,1H3. The average molecular weight is 250 g/mol. The Kier molecular flexibility index (Phi) is 5.20. The second-order valence-corrected chi connectivity index (χ2v) is 5.26. The van der Waals surface area contributed by atoms with Crippen molar-refractivity contribution in [3.63, 3.8) is 0 Å². The van der Waals surface area contributed by atoms with Gasteiger partial charge in [0.05, 0.1) is 6.20 Å². The van der Waals surface area contributed by atoms with Crippen LogP contribution in [0.1, 0.15) is 44.6 Å². The van der Waals surface area contributed by atoms with Gasteiger partial charge in [-0.2, -0.15) is 5.10 Å². The highest BCUT2D eigenvalue weighted by molar-refractivity contribution is 5.04. The molecule has 18 heavy (non-hydrogen) atoms. The number of nitrogens with two attached hydrogens (primary N) is 1. The molecule has 0 aromatic carbocycles. The van der Waals surface area contributed by atoms with Crippen LogP contribution in [0.3, 0.4) is 0 Å². The van der Waals surface area contributed by atoms with Gasteiger partial charge in [0, 0.05) is 30.9 Å². The van der Waals surface area contributed by atoms with Gasteiger partial charge in [-0.3, -0.25) is 9.58 Å². The lowest BCUT2D eigenvalue weighted by Gasteiger charge is -2.28. The fourth-order valence-corrected chi connectivity index (χ4v) is 2.85. The first-order valence-electron chi connectivity index (χ1n) is 7.29. The van der Waals surface area contributed by atoms with Crippen molar-refractivity contribution in [3.8, 4) is 0 Å². The molecule has 1 aliphatic rings. The molecule has 4 heteroatoms. The third-order valence-corrected chi connectivity index (χ3v) is 3.89. The Morgan fingerprint density at radius 3 is 2.83 bits per heavy atom. The molecule has 0 unspecified atom stereocenters. The van der Waals surface area contributed by atoms with Gasteiger partial charge in [-0.25, -0.2) is 0 Å². The molecule has 0 spiro atoms. The van der Waals surface area contributed by atoms with E-state index in [2.05, 4.69) is 23.1 Å². The Labute approximate surface area is 110 Å². The highest BCUT2D eigenvalue weighted by Crippen LogP contribution is 2.25. The Balaban J connectivity index is 1.94. The van der Waals surface area contributed by atoms with Crippen LogP contribution in [0.25, 0.3) is 0 Å². The summed E-state index contributed by atoms with van der Waals surface area (Å²) in [6.07, 6.45) is 10.8. The summed E-state index contributed by atoms with van der Waals surface area (Å²) < 4.78 is 2.01. The van der Waals surface area contributed by atoms with Gasteiger partial charge in [0.15, 0.2) is 0 Å². The van der Waals surface area contributed by atoms with Crippen molar-refractivity contribution in [1.82, 2.24) is 14.7 Å². The molecule has 1 saturated carbocycles. The summed E-state index contributed by atoms with van der Waals surface area (Å²) in [5.74, 6) is 0. The van der Waals surface area contributed by atoms with Crippen molar-refractivity contribution in [1.29, 1.82) is 0 Å². The lowest BCUT2D eigenvalue weighted by molar-refractivity contribution is 0.188. The predicted octanol–water partition coefficient (Wildman–Crippen LogP) is 2.00. The molecule has 2 rings (SSSR count). The fourth-order valence-electron chi connectivity index (χ4n) is 2.85. The largest absolute Gasteiger partial charge is 0.330 e. The van der Waals surface area contributed by atoms with E-state index in [9.17, 15) is 0 Å². The van der Waals surface area contributed by atoms with Crippen LogP contribution in [0.2, 0.25) is 0 Å². The topological polar surface area (TPSA) is 47.1 Å². The van der Waals surface area contributed by atoms with E-state index in [0.717, 1.165) is 38.6 Å². The molecule has 4 nitrogen and oxygen atoms in total. The van der Waals surface area contributed by atoms with E-state index in [1.54, 1.807) is 0 Å². The van der Waals surface area contributed by atoms with Crippen LogP contribution in [0.4, 0.5) is 0 Å². The van der Waals surface area contributed by atoms with Crippen molar-refractivity contribution in [3.05, 3.63) is 18.0 Å². The van der Waals surface area contributed by atoms with Crippen molar-refractivity contribution in [2.75, 3.05) is 13.1 Å². The van der Waals surface area contributed by atoms with Crippen LogP contribution in [0.5, 0.6) is 0 Å². The normalized spacial score (nSPS) is 16.8. The molecule has 2 N–H and O–H groups in total. The molecule has 0 atom stereocenters. The fraction of sp³-hybridized carbons (Fsp3) is 0.786. The molecule has 1 aromatic heterocycles. The van der Waals surface area contributed by atoms with E-state index in [1.165, 1.54) is 31.2 Å². The van der Waals surface area contributed by atoms with Gasteiger partial charge in [0.25, 0.3) is 0 Å². The smallest absolute Gasteiger partial charge is 0.0534 e. The average Bonchev–Trinajstić information content (AvgIpc) is 3.05. The van der Waals surface area contributed by atoms with E-state index in [0.29, 0.717) is 0 Å². The van der Waals surface area contributed by atoms with Crippen LogP contribution >= 0.6 is 0 Å². The highest BCUT2D eigenvalue weighted by atomic mass is 15.3. The van der Waals surface area contributed by atoms with Crippen LogP contribution in [0.15, 0.2) is 12.4 Å². The predicted molar refractivity (Wildman–Crippen MR) is 74.2 cm³/mol. The maximum atomic E-state index is 5.65. The van der Waals surface area contributed by atoms with E-state index in [1.807, 2.05) is 10.9 Å². The monoisotopic (exact) mass is 250 g/mol. The van der Waals surface area contributed by atoms with Gasteiger partial charge >= 0.3 is 0 Å². The number of aryl methyl sites for hydroxylation is 1. The van der Waals surface area contributed by atoms with E-state index in [4.69, 9.17) is 5.73 Å². The number of hydrogen-bond donors (Lipinski definition) is 1. The quantitative estimate of drug-likeness (QED) is 0.805. The van der Waals surface area contributed by atoms with Crippen molar-refractivity contribution >= 4 is 0 Å². The van der Waals surface area contributed by atoms with Gasteiger partial charge in [-0.05, 0) is 39.3 Å². The van der Waals surface area contributed by atoms with Crippen LogP contribution in [0, 0.1) is 0 Å². The summed E-state index contributed by atoms with van der Waals surface area (Å²) in [7, 11) is 0. The third-order valence-electron chi connectivity index (χ3n) is 3.89. The van der Waals surface area contributed by atoms with Crippen molar-refractivity contribution in [2.45, 2.75) is 58.2 Å². The molecule has 0 saturated heterocycles. The maximum Gasteiger partial charge on any atom is 0.0534 e. The lowest BCUT2D eigenvalue weighted by atomic mass is 10.1. The van der Waals surface area contributed by atoms with Gasteiger partial charge in [0.2, 0.25) is 0 Å². The summed E-state index contributed by atoms with van der Waals surface area (Å²) in [4.78, 5) is 2.61. The molecule has 102 valence electrons. The maximum absolute atomic E-state index is 5.65. The summed E-state index contributed by atoms with van der Waals surface area (Å²) in [6.45, 7) is 6.02. The molecule has 1 aliphatic carbocycles. The van der Waals surface area contributed by atoms with Crippen molar-refractivity contribution in [2.24, 2.45) is 5.73 Å². The van der Waals surface area contributed by atoms with E-state index >= 15 is 0 Å². The molecule has 1 fully saturated rings. The Morgan fingerprint density at radius 2 is 2.22 bits per heavy atom. The molecular formula is C14H26N4. The summed E-state index contributed by atoms with van der Waals surface area (Å²) >= 11 is 0.